The number of hydrogen-bond acceptors (Lipinski definition) is 2. The zero-order valence-electron chi connectivity index (χ0n) is 14.3. The third kappa shape index (κ3) is 3.48. The van der Waals surface area contributed by atoms with Crippen molar-refractivity contribution in [1.29, 1.82) is 0 Å². The topological polar surface area (TPSA) is 61.4 Å². The van der Waals surface area contributed by atoms with Crippen molar-refractivity contribution in [2.45, 2.75) is 63.1 Å². The Bertz CT molecular complexity index is 689. The summed E-state index contributed by atoms with van der Waals surface area (Å²) in [6.45, 7) is 0.595. The van der Waals surface area contributed by atoms with Gasteiger partial charge in [-0.25, -0.2) is 9.18 Å². The second-order valence-corrected chi connectivity index (χ2v) is 7.37. The van der Waals surface area contributed by atoms with Gasteiger partial charge in [0.2, 0.25) is 5.91 Å². The molecule has 1 saturated carbocycles. The van der Waals surface area contributed by atoms with E-state index in [1.807, 2.05) is 6.07 Å². The van der Waals surface area contributed by atoms with E-state index in [1.165, 1.54) is 12.1 Å². The molecule has 0 radical (unpaired) electrons. The molecule has 2 aliphatic carbocycles. The van der Waals surface area contributed by atoms with Crippen LogP contribution >= 0.6 is 0 Å². The molecule has 6 heteroatoms. The van der Waals surface area contributed by atoms with Crippen molar-refractivity contribution in [2.75, 3.05) is 6.54 Å². The van der Waals surface area contributed by atoms with Crippen LogP contribution in [-0.4, -0.2) is 35.5 Å². The molecule has 1 heterocycles. The minimum absolute atomic E-state index is 0.0368. The number of likely N-dealkylation sites (tertiary alicyclic amines) is 1. The van der Waals surface area contributed by atoms with Crippen LogP contribution in [0.15, 0.2) is 18.2 Å². The zero-order valence-corrected chi connectivity index (χ0v) is 14.3. The van der Waals surface area contributed by atoms with Gasteiger partial charge in [0.1, 0.15) is 11.9 Å². The van der Waals surface area contributed by atoms with Crippen LogP contribution in [0.5, 0.6) is 0 Å². The number of benzene rings is 1. The van der Waals surface area contributed by atoms with E-state index in [1.54, 1.807) is 4.90 Å². The first-order valence-electron chi connectivity index (χ1n) is 9.27. The van der Waals surface area contributed by atoms with Crippen molar-refractivity contribution in [3.63, 3.8) is 0 Å². The molecule has 1 aliphatic heterocycles. The summed E-state index contributed by atoms with van der Waals surface area (Å²) in [5, 5.41) is 6.04. The van der Waals surface area contributed by atoms with Crippen molar-refractivity contribution >= 4 is 11.9 Å². The van der Waals surface area contributed by atoms with Crippen LogP contribution in [0.2, 0.25) is 0 Å². The Hall–Kier alpha value is -2.11. The second kappa shape index (κ2) is 6.65. The van der Waals surface area contributed by atoms with E-state index in [0.717, 1.165) is 49.7 Å². The summed E-state index contributed by atoms with van der Waals surface area (Å²) in [7, 11) is 0. The second-order valence-electron chi connectivity index (χ2n) is 7.37. The van der Waals surface area contributed by atoms with E-state index in [9.17, 15) is 14.0 Å². The predicted molar refractivity (Wildman–Crippen MR) is 91.5 cm³/mol. The van der Waals surface area contributed by atoms with Gasteiger partial charge >= 0.3 is 6.03 Å². The van der Waals surface area contributed by atoms with Crippen LogP contribution in [0.25, 0.3) is 0 Å². The molecule has 1 saturated heterocycles. The maximum absolute atomic E-state index is 13.6. The Balaban J connectivity index is 1.45. The molecular formula is C19H24FN3O2. The highest BCUT2D eigenvalue weighted by Gasteiger charge is 2.37. The lowest BCUT2D eigenvalue weighted by molar-refractivity contribution is -0.124. The highest BCUT2D eigenvalue weighted by Crippen LogP contribution is 2.31. The number of halogens is 1. The third-order valence-corrected chi connectivity index (χ3v) is 5.46. The summed E-state index contributed by atoms with van der Waals surface area (Å²) in [6.07, 6.45) is 6.31. The molecule has 1 aromatic carbocycles. The maximum Gasteiger partial charge on any atom is 0.318 e. The molecule has 5 nitrogen and oxygen atoms in total. The molecule has 25 heavy (non-hydrogen) atoms. The van der Waals surface area contributed by atoms with Crippen molar-refractivity contribution in [1.82, 2.24) is 15.5 Å². The largest absolute Gasteiger partial charge is 0.352 e. The molecule has 1 aromatic rings. The third-order valence-electron chi connectivity index (χ3n) is 5.46. The SMILES string of the molecule is O=C(NC1CC1)[C@H]1CCCN1C(=O)N[C@@H]1CCCc2ccc(F)cc21. The monoisotopic (exact) mass is 345 g/mol. The van der Waals surface area contributed by atoms with Gasteiger partial charge in [-0.15, -0.1) is 0 Å². The molecule has 4 rings (SSSR count). The number of nitrogens with zero attached hydrogens (tertiary/aromatic N) is 1. The van der Waals surface area contributed by atoms with Crippen LogP contribution in [-0.2, 0) is 11.2 Å². The molecule has 0 unspecified atom stereocenters. The minimum atomic E-state index is -0.379. The first-order valence-corrected chi connectivity index (χ1v) is 9.27. The van der Waals surface area contributed by atoms with Gasteiger partial charge in [-0.2, -0.15) is 0 Å². The van der Waals surface area contributed by atoms with Gasteiger partial charge in [0.15, 0.2) is 0 Å². The van der Waals surface area contributed by atoms with Gasteiger partial charge in [0, 0.05) is 12.6 Å². The minimum Gasteiger partial charge on any atom is -0.352 e. The van der Waals surface area contributed by atoms with Crippen molar-refractivity contribution < 1.29 is 14.0 Å². The lowest BCUT2D eigenvalue weighted by Gasteiger charge is -2.30. The van der Waals surface area contributed by atoms with Crippen molar-refractivity contribution in [2.24, 2.45) is 0 Å². The van der Waals surface area contributed by atoms with Gasteiger partial charge in [0.25, 0.3) is 0 Å². The summed E-state index contributed by atoms with van der Waals surface area (Å²) in [4.78, 5) is 26.8. The van der Waals surface area contributed by atoms with E-state index in [0.29, 0.717) is 19.0 Å². The number of carbonyl (C=O) groups excluding carboxylic acids is 2. The standard InChI is InChI=1S/C19H24FN3O2/c20-13-7-6-12-3-1-4-16(15(12)11-13)22-19(25)23-10-2-5-17(23)18(24)21-14-8-9-14/h6-7,11,14,16-17H,1-5,8-10H2,(H,21,24)(H,22,25)/t16-,17-/m1/s1. The molecular weight excluding hydrogens is 321 g/mol. The lowest BCUT2D eigenvalue weighted by Crippen LogP contribution is -2.50. The fourth-order valence-corrected chi connectivity index (χ4v) is 3.96. The van der Waals surface area contributed by atoms with E-state index in [-0.39, 0.29) is 29.8 Å². The number of nitrogens with one attached hydrogen (secondary N) is 2. The van der Waals surface area contributed by atoms with Gasteiger partial charge in [-0.3, -0.25) is 4.79 Å². The lowest BCUT2D eigenvalue weighted by atomic mass is 9.87. The molecule has 0 bridgehead atoms. The number of rotatable bonds is 3. The van der Waals surface area contributed by atoms with E-state index >= 15 is 0 Å². The Morgan fingerprint density at radius 1 is 1.08 bits per heavy atom. The summed E-state index contributed by atoms with van der Waals surface area (Å²) >= 11 is 0. The first kappa shape index (κ1) is 16.4. The maximum atomic E-state index is 13.6. The smallest absolute Gasteiger partial charge is 0.318 e. The average molecular weight is 345 g/mol. The Morgan fingerprint density at radius 2 is 1.92 bits per heavy atom. The number of amides is 3. The molecule has 2 N–H and O–H groups in total. The highest BCUT2D eigenvalue weighted by atomic mass is 19.1. The van der Waals surface area contributed by atoms with Gasteiger partial charge in [-0.05, 0) is 68.2 Å². The highest BCUT2D eigenvalue weighted by molar-refractivity contribution is 5.88. The molecule has 2 atom stereocenters. The summed E-state index contributed by atoms with van der Waals surface area (Å²) < 4.78 is 13.6. The number of urea groups is 1. The van der Waals surface area contributed by atoms with Crippen molar-refractivity contribution in [3.05, 3.63) is 35.1 Å². The van der Waals surface area contributed by atoms with Crippen LogP contribution in [0.1, 0.15) is 55.7 Å². The molecule has 3 amide bonds. The predicted octanol–water partition coefficient (Wildman–Crippen LogP) is 2.66. The van der Waals surface area contributed by atoms with E-state index in [2.05, 4.69) is 10.6 Å². The normalized spacial score (nSPS) is 25.4. The molecule has 134 valence electrons. The fourth-order valence-electron chi connectivity index (χ4n) is 3.96. The van der Waals surface area contributed by atoms with E-state index in [4.69, 9.17) is 0 Å². The molecule has 0 spiro atoms. The van der Waals surface area contributed by atoms with Crippen LogP contribution in [0, 0.1) is 5.82 Å². The van der Waals surface area contributed by atoms with Gasteiger partial charge in [-0.1, -0.05) is 6.07 Å². The van der Waals surface area contributed by atoms with Crippen LogP contribution in [0.3, 0.4) is 0 Å². The summed E-state index contributed by atoms with van der Waals surface area (Å²) in [5.74, 6) is -0.312. The Morgan fingerprint density at radius 3 is 2.72 bits per heavy atom. The van der Waals surface area contributed by atoms with Crippen LogP contribution in [0.4, 0.5) is 9.18 Å². The van der Waals surface area contributed by atoms with Crippen LogP contribution < -0.4 is 10.6 Å². The number of hydrogen-bond donors (Lipinski definition) is 2. The number of aryl methyl sites for hydroxylation is 1. The average Bonchev–Trinajstić information content (AvgIpc) is 3.26. The van der Waals surface area contributed by atoms with Gasteiger partial charge in [0.05, 0.1) is 6.04 Å². The first-order chi connectivity index (χ1) is 12.1. The molecule has 3 aliphatic rings. The fraction of sp³-hybridized carbons (Fsp3) is 0.579. The number of carbonyl (C=O) groups is 2. The summed E-state index contributed by atoms with van der Waals surface area (Å²) in [5.41, 5.74) is 1.97. The Labute approximate surface area is 147 Å². The Kier molecular flexibility index (Phi) is 4.36. The molecule has 2 fully saturated rings. The molecule has 0 aromatic heterocycles. The zero-order chi connectivity index (χ0) is 17.4. The summed E-state index contributed by atoms with van der Waals surface area (Å²) in [6, 6.07) is 4.34. The quantitative estimate of drug-likeness (QED) is 0.885. The van der Waals surface area contributed by atoms with Crippen molar-refractivity contribution in [3.8, 4) is 0 Å². The number of fused-ring (bicyclic) bond motifs is 1. The van der Waals surface area contributed by atoms with E-state index < -0.39 is 0 Å². The van der Waals surface area contributed by atoms with Gasteiger partial charge < -0.3 is 15.5 Å².